The molecule has 0 bridgehead atoms. The predicted molar refractivity (Wildman–Crippen MR) is 279 cm³/mol. The van der Waals surface area contributed by atoms with Crippen molar-refractivity contribution < 1.29 is 50.5 Å². The lowest BCUT2D eigenvalue weighted by Gasteiger charge is -2.32. The van der Waals surface area contributed by atoms with E-state index in [0.29, 0.717) is 33.6 Å². The standard InChI is InChI=1S/C29H29FN2O5S.C27H31FN2O4/c1-20(18-29(33)37-3)32(19-21-8-4-7-11-26(21)30)28-17-16-27(24-9-5-6-10-25(24)28)31-38(34,35)23-14-12-22(36-2)13-15-23;1-18(16-25(31)33-5)30(17-19-10-6-9-13-22(19)28)24-15-14-23(20-11-7-8-12-21(20)24)29-26(32)34-27(2,3)4/h4-17,20,31H,18-19H2,1-3H3;6-15,18H,16-17H2,1-5H3,(H,29,32)/t20-;18-/m00/s1. The van der Waals surface area contributed by atoms with E-state index in [1.165, 1.54) is 45.6 Å². The molecular formula is C56H60F2N4O9S. The maximum atomic E-state index is 14.6. The number of nitrogens with zero attached hydrogens (tertiary/aromatic N) is 2. The first-order chi connectivity index (χ1) is 34.3. The van der Waals surface area contributed by atoms with Gasteiger partial charge in [0.1, 0.15) is 23.0 Å². The van der Waals surface area contributed by atoms with Crippen LogP contribution in [0.4, 0.5) is 36.3 Å². The number of sulfonamides is 1. The minimum Gasteiger partial charge on any atom is -0.497 e. The summed E-state index contributed by atoms with van der Waals surface area (Å²) in [5.41, 5.74) is 2.89. The van der Waals surface area contributed by atoms with Crippen LogP contribution in [0.25, 0.3) is 21.5 Å². The Labute approximate surface area is 419 Å². The second kappa shape index (κ2) is 23.9. The number of benzene rings is 7. The van der Waals surface area contributed by atoms with Gasteiger partial charge in [-0.3, -0.25) is 19.6 Å². The van der Waals surface area contributed by atoms with Crippen LogP contribution < -0.4 is 24.6 Å². The summed E-state index contributed by atoms with van der Waals surface area (Å²) in [6.07, 6.45) is -0.324. The first kappa shape index (κ1) is 53.6. The Morgan fingerprint density at radius 3 is 1.42 bits per heavy atom. The summed E-state index contributed by atoms with van der Waals surface area (Å²) in [5.74, 6) is -0.848. The molecule has 0 fully saturated rings. The topological polar surface area (TPSA) is 153 Å². The number of fused-ring (bicyclic) bond motifs is 2. The number of carbonyl (C=O) groups excluding carboxylic acids is 3. The zero-order valence-corrected chi connectivity index (χ0v) is 42.4. The molecule has 378 valence electrons. The minimum absolute atomic E-state index is 0.0884. The number of methoxy groups -OCH3 is 3. The summed E-state index contributed by atoms with van der Waals surface area (Å²) in [5, 5.41) is 5.88. The number of hydrogen-bond acceptors (Lipinski definition) is 11. The second-order valence-electron chi connectivity index (χ2n) is 18.0. The lowest BCUT2D eigenvalue weighted by molar-refractivity contribution is -0.141. The van der Waals surface area contributed by atoms with Crippen molar-refractivity contribution in [1.29, 1.82) is 0 Å². The smallest absolute Gasteiger partial charge is 0.412 e. The van der Waals surface area contributed by atoms with Gasteiger partial charge in [0.2, 0.25) is 0 Å². The molecule has 13 nitrogen and oxygen atoms in total. The molecule has 0 aliphatic rings. The van der Waals surface area contributed by atoms with E-state index in [9.17, 15) is 31.6 Å². The molecule has 72 heavy (non-hydrogen) atoms. The average Bonchev–Trinajstić information content (AvgIpc) is 3.35. The van der Waals surface area contributed by atoms with Gasteiger partial charge in [0, 0.05) is 69.2 Å². The van der Waals surface area contributed by atoms with Crippen molar-refractivity contribution >= 4 is 72.3 Å². The van der Waals surface area contributed by atoms with Gasteiger partial charge in [-0.1, -0.05) is 84.9 Å². The van der Waals surface area contributed by atoms with Gasteiger partial charge in [-0.25, -0.2) is 22.0 Å². The summed E-state index contributed by atoms with van der Waals surface area (Å²) < 4.78 is 78.4. The number of nitrogens with one attached hydrogen (secondary N) is 2. The largest absolute Gasteiger partial charge is 0.497 e. The van der Waals surface area contributed by atoms with Crippen LogP contribution in [0, 0.1) is 11.6 Å². The summed E-state index contributed by atoms with van der Waals surface area (Å²) in [6, 6.07) is 40.6. The molecule has 1 amide bonds. The van der Waals surface area contributed by atoms with Crippen LogP contribution in [0.1, 0.15) is 58.6 Å². The highest BCUT2D eigenvalue weighted by molar-refractivity contribution is 7.92. The molecule has 2 atom stereocenters. The van der Waals surface area contributed by atoms with Crippen LogP contribution in [-0.2, 0) is 46.9 Å². The van der Waals surface area contributed by atoms with E-state index >= 15 is 0 Å². The summed E-state index contributed by atoms with van der Waals surface area (Å²) in [4.78, 5) is 40.6. The Kier molecular flexibility index (Phi) is 17.8. The third-order valence-electron chi connectivity index (χ3n) is 11.7. The number of amides is 1. The first-order valence-corrected chi connectivity index (χ1v) is 24.6. The average molecular weight is 1000 g/mol. The van der Waals surface area contributed by atoms with E-state index in [-0.39, 0.29) is 66.5 Å². The molecule has 16 heteroatoms. The van der Waals surface area contributed by atoms with Gasteiger partial charge in [-0.15, -0.1) is 0 Å². The number of anilines is 4. The molecule has 0 aromatic heterocycles. The van der Waals surface area contributed by atoms with Crippen molar-refractivity contribution in [3.63, 3.8) is 0 Å². The van der Waals surface area contributed by atoms with Crippen molar-refractivity contribution in [2.24, 2.45) is 0 Å². The molecule has 7 aromatic carbocycles. The van der Waals surface area contributed by atoms with E-state index < -0.39 is 21.7 Å². The molecule has 0 heterocycles. The molecule has 0 spiro atoms. The van der Waals surface area contributed by atoms with Crippen LogP contribution in [0.5, 0.6) is 5.75 Å². The highest BCUT2D eigenvalue weighted by atomic mass is 32.2. The SMILES string of the molecule is COC(=O)C[C@H](C)N(Cc1ccccc1F)c1ccc(NC(=O)OC(C)(C)C)c2ccccc12.COC(=O)C[C@H](C)N(Cc1ccccc1F)c1ccc(NS(=O)(=O)c2ccc(OC)cc2)c2ccccc12. The molecule has 0 aliphatic heterocycles. The summed E-state index contributed by atoms with van der Waals surface area (Å²) in [6.45, 7) is 9.64. The van der Waals surface area contributed by atoms with Gasteiger partial charge in [0.05, 0.1) is 50.4 Å². The van der Waals surface area contributed by atoms with E-state index in [2.05, 4.69) is 10.0 Å². The van der Waals surface area contributed by atoms with E-state index in [4.69, 9.17) is 18.9 Å². The van der Waals surface area contributed by atoms with Gasteiger partial charge in [0.25, 0.3) is 10.0 Å². The lowest BCUT2D eigenvalue weighted by atomic mass is 10.0. The van der Waals surface area contributed by atoms with Crippen LogP contribution in [-0.4, -0.2) is 65.5 Å². The van der Waals surface area contributed by atoms with Gasteiger partial charge >= 0.3 is 18.0 Å². The quantitative estimate of drug-likeness (QED) is 0.0662. The number of halogens is 2. The Bertz CT molecular complexity index is 3130. The zero-order chi connectivity index (χ0) is 52.2. The first-order valence-electron chi connectivity index (χ1n) is 23.2. The van der Waals surface area contributed by atoms with Crippen LogP contribution in [0.15, 0.2) is 150 Å². The molecule has 0 aliphatic carbocycles. The van der Waals surface area contributed by atoms with Crippen LogP contribution in [0.2, 0.25) is 0 Å². The third kappa shape index (κ3) is 13.8. The fourth-order valence-electron chi connectivity index (χ4n) is 8.08. The number of ether oxygens (including phenoxy) is 4. The molecule has 0 saturated heterocycles. The number of esters is 2. The third-order valence-corrected chi connectivity index (χ3v) is 13.1. The molecule has 0 unspecified atom stereocenters. The fraction of sp³-hybridized carbons (Fsp3) is 0.268. The Balaban J connectivity index is 0.000000237. The van der Waals surface area contributed by atoms with Gasteiger partial charge in [0.15, 0.2) is 0 Å². The van der Waals surface area contributed by atoms with Crippen LogP contribution in [0.3, 0.4) is 0 Å². The van der Waals surface area contributed by atoms with Crippen molar-refractivity contribution in [3.05, 3.63) is 168 Å². The second-order valence-corrected chi connectivity index (χ2v) is 19.6. The van der Waals surface area contributed by atoms with Crippen molar-refractivity contribution in [2.45, 2.75) is 83.1 Å². The molecule has 0 radical (unpaired) electrons. The Morgan fingerprint density at radius 1 is 0.569 bits per heavy atom. The molecule has 0 saturated carbocycles. The molecule has 7 aromatic rings. The van der Waals surface area contributed by atoms with Crippen LogP contribution >= 0.6 is 0 Å². The number of hydrogen-bond donors (Lipinski definition) is 2. The maximum Gasteiger partial charge on any atom is 0.412 e. The van der Waals surface area contributed by atoms with Gasteiger partial charge in [-0.05, 0) is 95.3 Å². The Morgan fingerprint density at radius 2 is 0.986 bits per heavy atom. The Hall–Kier alpha value is -7.72. The van der Waals surface area contributed by atoms with Crippen molar-refractivity contribution in [3.8, 4) is 5.75 Å². The van der Waals surface area contributed by atoms with Gasteiger partial charge in [-0.2, -0.15) is 0 Å². The van der Waals surface area contributed by atoms with Gasteiger partial charge < -0.3 is 28.7 Å². The van der Waals surface area contributed by atoms with Crippen molar-refractivity contribution in [2.75, 3.05) is 41.2 Å². The summed E-state index contributed by atoms with van der Waals surface area (Å²) >= 11 is 0. The molecule has 7 rings (SSSR count). The minimum atomic E-state index is -3.88. The van der Waals surface area contributed by atoms with Crippen molar-refractivity contribution in [1.82, 2.24) is 0 Å². The normalized spacial score (nSPS) is 12.1. The summed E-state index contributed by atoms with van der Waals surface area (Å²) in [7, 11) is 0.307. The number of carbonyl (C=O) groups is 3. The molecule has 2 N–H and O–H groups in total. The highest BCUT2D eigenvalue weighted by Gasteiger charge is 2.26. The van der Waals surface area contributed by atoms with E-state index in [1.807, 2.05) is 78.2 Å². The maximum absolute atomic E-state index is 14.6. The number of rotatable bonds is 17. The fourth-order valence-corrected chi connectivity index (χ4v) is 9.16. The zero-order valence-electron chi connectivity index (χ0n) is 41.6. The van der Waals surface area contributed by atoms with E-state index in [1.54, 1.807) is 87.5 Å². The van der Waals surface area contributed by atoms with E-state index in [0.717, 1.165) is 27.5 Å². The predicted octanol–water partition coefficient (Wildman–Crippen LogP) is 12.0. The lowest BCUT2D eigenvalue weighted by Crippen LogP contribution is -2.35. The monoisotopic (exact) mass is 1000 g/mol. The highest BCUT2D eigenvalue weighted by Crippen LogP contribution is 2.37. The molecular weight excluding hydrogens is 943 g/mol.